The Balaban J connectivity index is 2.10. The molecule has 0 N–H and O–H groups in total. The van der Waals surface area contributed by atoms with Gasteiger partial charge in [0.1, 0.15) is 5.76 Å². The fourth-order valence-corrected chi connectivity index (χ4v) is 2.56. The largest absolute Gasteiger partial charge is 0.494 e. The van der Waals surface area contributed by atoms with Gasteiger partial charge in [-0.1, -0.05) is 55.8 Å². The first-order valence-electron chi connectivity index (χ1n) is 6.24. The summed E-state index contributed by atoms with van der Waals surface area (Å²) in [7, 11) is 0. The van der Waals surface area contributed by atoms with Crippen molar-refractivity contribution in [3.63, 3.8) is 0 Å². The van der Waals surface area contributed by atoms with Crippen LogP contribution >= 0.6 is 12.8 Å². The third kappa shape index (κ3) is 2.98. The summed E-state index contributed by atoms with van der Waals surface area (Å²) in [5.74, 6) is 0.767. The standard InChI is InChI=1S/C15H19NOS/c1-3-17-12(2)14-9-10-15(16(18)11-14)13-7-5-4-6-8-13/h4-9,15,18H,2-3,10-11H2,1H3. The van der Waals surface area contributed by atoms with Gasteiger partial charge in [-0.05, 0) is 18.9 Å². The Morgan fingerprint density at radius 1 is 1.44 bits per heavy atom. The molecule has 1 heterocycles. The summed E-state index contributed by atoms with van der Waals surface area (Å²) < 4.78 is 7.50. The van der Waals surface area contributed by atoms with Gasteiger partial charge in [0, 0.05) is 18.2 Å². The molecule has 0 fully saturated rings. The Bertz CT molecular complexity index is 441. The van der Waals surface area contributed by atoms with Crippen LogP contribution in [0.25, 0.3) is 0 Å². The van der Waals surface area contributed by atoms with Gasteiger partial charge in [-0.15, -0.1) is 0 Å². The van der Waals surface area contributed by atoms with Crippen LogP contribution in [-0.4, -0.2) is 17.5 Å². The lowest BCUT2D eigenvalue weighted by atomic mass is 9.98. The van der Waals surface area contributed by atoms with Crippen LogP contribution in [0.4, 0.5) is 0 Å². The smallest absolute Gasteiger partial charge is 0.116 e. The molecule has 1 unspecified atom stereocenters. The van der Waals surface area contributed by atoms with Crippen molar-refractivity contribution >= 4 is 12.8 Å². The minimum Gasteiger partial charge on any atom is -0.494 e. The lowest BCUT2D eigenvalue weighted by molar-refractivity contribution is 0.231. The Morgan fingerprint density at radius 3 is 2.78 bits per heavy atom. The normalized spacial score (nSPS) is 20.3. The Kier molecular flexibility index (Phi) is 4.50. The summed E-state index contributed by atoms with van der Waals surface area (Å²) in [5, 5.41) is 0. The molecule has 1 aliphatic heterocycles. The van der Waals surface area contributed by atoms with Gasteiger partial charge in [0.05, 0.1) is 6.61 Å². The predicted octanol–water partition coefficient (Wildman–Crippen LogP) is 3.75. The molecule has 3 heteroatoms. The van der Waals surface area contributed by atoms with Crippen LogP contribution in [0.3, 0.4) is 0 Å². The van der Waals surface area contributed by atoms with Gasteiger partial charge in [0.15, 0.2) is 0 Å². The Hall–Kier alpha value is -1.19. The number of ether oxygens (including phenoxy) is 1. The quantitative estimate of drug-likeness (QED) is 0.654. The Labute approximate surface area is 114 Å². The molecular weight excluding hydrogens is 242 g/mol. The van der Waals surface area contributed by atoms with E-state index in [0.29, 0.717) is 12.6 Å². The van der Waals surface area contributed by atoms with Crippen molar-refractivity contribution in [3.8, 4) is 0 Å². The van der Waals surface area contributed by atoms with E-state index < -0.39 is 0 Å². The molecule has 1 aliphatic rings. The lowest BCUT2D eigenvalue weighted by Crippen LogP contribution is -2.26. The number of nitrogens with zero attached hydrogens (tertiary/aromatic N) is 1. The van der Waals surface area contributed by atoms with Gasteiger partial charge >= 0.3 is 0 Å². The molecule has 2 nitrogen and oxygen atoms in total. The molecule has 1 atom stereocenters. The van der Waals surface area contributed by atoms with Crippen molar-refractivity contribution in [1.29, 1.82) is 0 Å². The van der Waals surface area contributed by atoms with E-state index in [9.17, 15) is 0 Å². The van der Waals surface area contributed by atoms with Crippen LogP contribution in [0.1, 0.15) is 24.9 Å². The summed E-state index contributed by atoms with van der Waals surface area (Å²) in [5.41, 5.74) is 2.43. The van der Waals surface area contributed by atoms with E-state index in [0.717, 1.165) is 24.3 Å². The fourth-order valence-electron chi connectivity index (χ4n) is 2.18. The van der Waals surface area contributed by atoms with Gasteiger partial charge < -0.3 is 4.74 Å². The molecule has 0 saturated heterocycles. The first kappa shape index (κ1) is 13.2. The SMILES string of the molecule is C=C(OCC)C1=CCC(c2ccccc2)N(S)C1. The van der Waals surface area contributed by atoms with Crippen molar-refractivity contribution in [1.82, 2.24) is 4.31 Å². The number of hydrogen-bond donors (Lipinski definition) is 1. The number of hydrogen-bond acceptors (Lipinski definition) is 3. The van der Waals surface area contributed by atoms with E-state index in [-0.39, 0.29) is 0 Å². The molecule has 0 saturated carbocycles. The second kappa shape index (κ2) is 6.12. The molecule has 0 amide bonds. The minimum absolute atomic E-state index is 0.327. The molecule has 18 heavy (non-hydrogen) atoms. The molecule has 0 bridgehead atoms. The molecule has 0 spiro atoms. The second-order valence-electron chi connectivity index (χ2n) is 4.35. The summed E-state index contributed by atoms with van der Waals surface area (Å²) in [6.07, 6.45) is 3.15. The van der Waals surface area contributed by atoms with Crippen LogP contribution in [0.2, 0.25) is 0 Å². The topological polar surface area (TPSA) is 12.5 Å². The van der Waals surface area contributed by atoms with E-state index in [2.05, 4.69) is 54.0 Å². The van der Waals surface area contributed by atoms with E-state index >= 15 is 0 Å². The molecule has 0 radical (unpaired) electrons. The Morgan fingerprint density at radius 2 is 2.17 bits per heavy atom. The maximum absolute atomic E-state index is 5.45. The fraction of sp³-hybridized carbons (Fsp3) is 0.333. The van der Waals surface area contributed by atoms with E-state index in [1.54, 1.807) is 0 Å². The third-order valence-corrected chi connectivity index (χ3v) is 3.56. The van der Waals surface area contributed by atoms with Crippen molar-refractivity contribution in [2.45, 2.75) is 19.4 Å². The molecule has 1 aromatic rings. The highest BCUT2D eigenvalue weighted by Gasteiger charge is 2.23. The minimum atomic E-state index is 0.327. The van der Waals surface area contributed by atoms with Crippen LogP contribution < -0.4 is 0 Å². The maximum Gasteiger partial charge on any atom is 0.116 e. The average Bonchev–Trinajstić information content (AvgIpc) is 2.40. The first-order chi connectivity index (χ1) is 8.72. The first-order valence-corrected chi connectivity index (χ1v) is 6.64. The molecule has 1 aromatic carbocycles. The van der Waals surface area contributed by atoms with Gasteiger partial charge in [-0.25, -0.2) is 4.31 Å². The second-order valence-corrected chi connectivity index (χ2v) is 4.86. The van der Waals surface area contributed by atoms with E-state index in [1.165, 1.54) is 5.56 Å². The van der Waals surface area contributed by atoms with Crippen LogP contribution in [0, 0.1) is 0 Å². The molecule has 96 valence electrons. The van der Waals surface area contributed by atoms with Crippen molar-refractivity contribution in [2.24, 2.45) is 0 Å². The molecule has 0 aromatic heterocycles. The zero-order chi connectivity index (χ0) is 13.0. The van der Waals surface area contributed by atoms with Crippen molar-refractivity contribution in [2.75, 3.05) is 13.2 Å². The number of rotatable bonds is 4. The molecule has 2 rings (SSSR count). The lowest BCUT2D eigenvalue weighted by Gasteiger charge is -2.31. The number of benzene rings is 1. The van der Waals surface area contributed by atoms with Gasteiger partial charge in [0.2, 0.25) is 0 Å². The van der Waals surface area contributed by atoms with Crippen molar-refractivity contribution < 1.29 is 4.74 Å². The van der Waals surface area contributed by atoms with Crippen LogP contribution in [0.5, 0.6) is 0 Å². The van der Waals surface area contributed by atoms with Gasteiger partial charge in [-0.2, -0.15) is 0 Å². The average molecular weight is 261 g/mol. The monoisotopic (exact) mass is 261 g/mol. The summed E-state index contributed by atoms with van der Waals surface area (Å²) >= 11 is 4.59. The van der Waals surface area contributed by atoms with Crippen LogP contribution in [-0.2, 0) is 4.74 Å². The maximum atomic E-state index is 5.45. The predicted molar refractivity (Wildman–Crippen MR) is 78.3 cm³/mol. The zero-order valence-corrected chi connectivity index (χ0v) is 11.6. The zero-order valence-electron chi connectivity index (χ0n) is 10.7. The van der Waals surface area contributed by atoms with Gasteiger partial charge in [-0.3, -0.25) is 0 Å². The third-order valence-electron chi connectivity index (χ3n) is 3.14. The number of thiol groups is 1. The summed E-state index contributed by atoms with van der Waals surface area (Å²) in [6.45, 7) is 7.34. The molecular formula is C15H19NOS. The highest BCUT2D eigenvalue weighted by Crippen LogP contribution is 2.32. The highest BCUT2D eigenvalue weighted by molar-refractivity contribution is 7.77. The highest BCUT2D eigenvalue weighted by atomic mass is 32.1. The van der Waals surface area contributed by atoms with Crippen LogP contribution in [0.15, 0.2) is 54.3 Å². The van der Waals surface area contributed by atoms with E-state index in [1.807, 2.05) is 13.0 Å². The molecule has 0 aliphatic carbocycles. The summed E-state index contributed by atoms with van der Waals surface area (Å²) in [4.78, 5) is 0. The summed E-state index contributed by atoms with van der Waals surface area (Å²) in [6, 6.07) is 10.8. The van der Waals surface area contributed by atoms with Crippen molar-refractivity contribution in [3.05, 3.63) is 59.9 Å². The van der Waals surface area contributed by atoms with Gasteiger partial charge in [0.25, 0.3) is 0 Å². The van der Waals surface area contributed by atoms with E-state index in [4.69, 9.17) is 4.74 Å².